The Hall–Kier alpha value is -2.94. The van der Waals surface area contributed by atoms with Gasteiger partial charge in [-0.2, -0.15) is 17.6 Å². The molecule has 1 aliphatic heterocycles. The molecule has 2 aromatic rings. The predicted molar refractivity (Wildman–Crippen MR) is 134 cm³/mol. The third kappa shape index (κ3) is 6.35. The molecule has 0 radical (unpaired) electrons. The largest absolute Gasteiger partial charge is 0.493 e. The zero-order chi connectivity index (χ0) is 30.2. The van der Waals surface area contributed by atoms with E-state index in [2.05, 4.69) is 15.6 Å². The van der Waals surface area contributed by atoms with Crippen molar-refractivity contribution in [1.82, 2.24) is 10.3 Å². The van der Waals surface area contributed by atoms with E-state index in [9.17, 15) is 36.3 Å². The number of aromatic nitrogens is 1. The molecule has 9 nitrogen and oxygen atoms in total. The summed E-state index contributed by atoms with van der Waals surface area (Å²) in [6.07, 6.45) is -5.68. The highest BCUT2D eigenvalue weighted by Gasteiger charge is 2.66. The van der Waals surface area contributed by atoms with Crippen molar-refractivity contribution in [1.29, 1.82) is 0 Å². The van der Waals surface area contributed by atoms with Crippen molar-refractivity contribution in [2.45, 2.75) is 41.4 Å². The molecule has 17 heteroatoms. The van der Waals surface area contributed by atoms with E-state index in [-0.39, 0.29) is 17.1 Å². The molecule has 3 rings (SSSR count). The Morgan fingerprint density at radius 1 is 1.10 bits per heavy atom. The summed E-state index contributed by atoms with van der Waals surface area (Å²) in [7, 11) is 1.00. The fourth-order valence-corrected chi connectivity index (χ4v) is 4.29. The highest BCUT2D eigenvalue weighted by molar-refractivity contribution is 6.76. The Morgan fingerprint density at radius 3 is 2.33 bits per heavy atom. The van der Waals surface area contributed by atoms with Crippen LogP contribution in [-0.4, -0.2) is 51.6 Å². The molecule has 40 heavy (non-hydrogen) atoms. The van der Waals surface area contributed by atoms with Crippen LogP contribution in [0.5, 0.6) is 5.75 Å². The summed E-state index contributed by atoms with van der Waals surface area (Å²) in [5.74, 6) is -8.87. The van der Waals surface area contributed by atoms with Crippen LogP contribution in [0.4, 0.5) is 38.3 Å². The van der Waals surface area contributed by atoms with Crippen LogP contribution in [0, 0.1) is 17.6 Å². The Labute approximate surface area is 238 Å². The van der Waals surface area contributed by atoms with Crippen molar-refractivity contribution in [3.05, 3.63) is 47.7 Å². The topological polar surface area (TPSA) is 119 Å². The lowest BCUT2D eigenvalue weighted by Crippen LogP contribution is -2.47. The number of carbonyl (C=O) groups is 3. The van der Waals surface area contributed by atoms with Crippen molar-refractivity contribution in [2.24, 2.45) is 5.92 Å². The summed E-state index contributed by atoms with van der Waals surface area (Å²) in [6, 6.07) is 2.92. The first-order chi connectivity index (χ1) is 18.4. The van der Waals surface area contributed by atoms with Crippen LogP contribution in [0.2, 0.25) is 0 Å². The maximum Gasteiger partial charge on any atom is 0.417 e. The molecule has 1 saturated heterocycles. The number of pyridine rings is 1. The third-order valence-electron chi connectivity index (χ3n) is 6.32. The first kappa shape index (κ1) is 31.6. The molecule has 1 aromatic heterocycles. The Morgan fingerprint density at radius 2 is 1.75 bits per heavy atom. The van der Waals surface area contributed by atoms with Crippen molar-refractivity contribution in [3.63, 3.8) is 0 Å². The molecule has 0 spiro atoms. The van der Waals surface area contributed by atoms with Gasteiger partial charge in [-0.1, -0.05) is 47.8 Å². The summed E-state index contributed by atoms with van der Waals surface area (Å²) < 4.78 is 78.4. The van der Waals surface area contributed by atoms with Crippen molar-refractivity contribution < 1.29 is 45.8 Å². The average Bonchev–Trinajstić information content (AvgIpc) is 3.12. The summed E-state index contributed by atoms with van der Waals surface area (Å²) in [6.45, 7) is 1.91. The number of imide groups is 1. The molecule has 0 saturated carbocycles. The number of anilines is 2. The van der Waals surface area contributed by atoms with Gasteiger partial charge in [-0.05, 0) is 19.1 Å². The van der Waals surface area contributed by atoms with Crippen LogP contribution in [0.1, 0.15) is 25.3 Å². The number of alkyl halides is 6. The first-order valence-corrected chi connectivity index (χ1v) is 12.3. The maximum atomic E-state index is 14.5. The molecular weight excluding hydrogens is 614 g/mol. The van der Waals surface area contributed by atoms with E-state index >= 15 is 0 Å². The van der Waals surface area contributed by atoms with Gasteiger partial charge < -0.3 is 14.8 Å². The van der Waals surface area contributed by atoms with Crippen LogP contribution < -0.4 is 20.7 Å². The molecule has 1 aromatic carbocycles. The van der Waals surface area contributed by atoms with Crippen molar-refractivity contribution in [2.75, 3.05) is 17.7 Å². The van der Waals surface area contributed by atoms with Crippen LogP contribution in [0.15, 0.2) is 30.5 Å². The molecule has 0 aliphatic carbocycles. The molecule has 4 amide bonds. The van der Waals surface area contributed by atoms with E-state index < -0.39 is 68.7 Å². The fraction of sp³-hybridized carbons (Fsp3) is 0.391. The molecular formula is C23H20Cl3F5N4O5. The number of hydrogen-bond acceptors (Lipinski definition) is 6. The summed E-state index contributed by atoms with van der Waals surface area (Å²) in [4.78, 5) is 40.7. The fourth-order valence-electron chi connectivity index (χ4n) is 4.15. The van der Waals surface area contributed by atoms with E-state index in [1.165, 1.54) is 6.07 Å². The van der Waals surface area contributed by atoms with Gasteiger partial charge in [0.25, 0.3) is 15.6 Å². The number of benzene rings is 1. The standard InChI is InChI=1S/C23H20Cl3F5N4O5/c1-9-14(11-4-5-12(27)15(28)16(11)39-3)17(40-21(9,2)23(29,30)31)18(36)33-10-6-7-32-13(8-10)34-20(38)35-19(37)22(24,25)26/h4-9,14,17H,1-3H3,(H3,32,33,34,35,36,37,38)/t9-,14-,17+,21+/m1/s1. The number of carbonyl (C=O) groups excluding carboxylic acids is 3. The van der Waals surface area contributed by atoms with Gasteiger partial charge in [0.1, 0.15) is 11.9 Å². The highest BCUT2D eigenvalue weighted by Crippen LogP contribution is 2.55. The highest BCUT2D eigenvalue weighted by atomic mass is 35.6. The van der Waals surface area contributed by atoms with Crippen LogP contribution >= 0.6 is 34.8 Å². The summed E-state index contributed by atoms with van der Waals surface area (Å²) >= 11 is 16.1. The van der Waals surface area contributed by atoms with Crippen LogP contribution in [-0.2, 0) is 14.3 Å². The van der Waals surface area contributed by atoms with E-state index in [1.807, 2.05) is 0 Å². The SMILES string of the molecule is COc1c([C@@H]2[C@@H](C(=O)Nc3ccnc(NC(=O)NC(=O)C(Cl)(Cl)Cl)c3)O[C@](C)(C(F)(F)F)[C@@H]2C)ccc(F)c1F. The first-order valence-electron chi connectivity index (χ1n) is 11.1. The van der Waals surface area contributed by atoms with Crippen molar-refractivity contribution in [3.8, 4) is 5.75 Å². The van der Waals surface area contributed by atoms with Gasteiger partial charge in [-0.25, -0.2) is 14.2 Å². The molecule has 2 heterocycles. The van der Waals surface area contributed by atoms with Gasteiger partial charge in [-0.3, -0.25) is 20.2 Å². The van der Waals surface area contributed by atoms with Gasteiger partial charge in [-0.15, -0.1) is 0 Å². The number of nitrogens with zero attached hydrogens (tertiary/aromatic N) is 1. The predicted octanol–water partition coefficient (Wildman–Crippen LogP) is 5.46. The average molecular weight is 634 g/mol. The lowest BCUT2D eigenvalue weighted by Gasteiger charge is -2.32. The van der Waals surface area contributed by atoms with Crippen LogP contribution in [0.25, 0.3) is 0 Å². The molecule has 1 fully saturated rings. The maximum absolute atomic E-state index is 14.5. The third-order valence-corrected chi connectivity index (χ3v) is 6.84. The molecule has 1 aliphatic rings. The van der Waals surface area contributed by atoms with Gasteiger partial charge in [0.2, 0.25) is 5.82 Å². The second-order valence-corrected chi connectivity index (χ2v) is 11.0. The van der Waals surface area contributed by atoms with E-state index in [0.29, 0.717) is 6.07 Å². The Balaban J connectivity index is 1.91. The quantitative estimate of drug-likeness (QED) is 0.297. The van der Waals surface area contributed by atoms with Gasteiger partial charge in [0.15, 0.2) is 17.2 Å². The number of hydrogen-bond donors (Lipinski definition) is 3. The minimum absolute atomic E-state index is 0.0594. The van der Waals surface area contributed by atoms with Gasteiger partial charge in [0, 0.05) is 35.3 Å². The Kier molecular flexibility index (Phi) is 9.09. The monoisotopic (exact) mass is 632 g/mol. The number of nitrogens with one attached hydrogen (secondary N) is 3. The molecule has 0 bridgehead atoms. The van der Waals surface area contributed by atoms with Crippen molar-refractivity contribution >= 4 is 64.2 Å². The van der Waals surface area contributed by atoms with E-state index in [1.54, 1.807) is 5.32 Å². The summed E-state index contributed by atoms with van der Waals surface area (Å²) in [5.41, 5.74) is -3.13. The molecule has 218 valence electrons. The zero-order valence-electron chi connectivity index (χ0n) is 20.6. The second kappa shape index (κ2) is 11.5. The summed E-state index contributed by atoms with van der Waals surface area (Å²) in [5, 5.41) is 6.24. The number of halogens is 8. The number of urea groups is 1. The normalized spacial score (nSPS) is 22.9. The molecule has 3 N–H and O–H groups in total. The number of rotatable bonds is 5. The van der Waals surface area contributed by atoms with Gasteiger partial charge in [0.05, 0.1) is 7.11 Å². The molecule has 4 atom stereocenters. The number of amides is 4. The minimum Gasteiger partial charge on any atom is -0.493 e. The molecule has 0 unspecified atom stereocenters. The van der Waals surface area contributed by atoms with Gasteiger partial charge >= 0.3 is 12.2 Å². The smallest absolute Gasteiger partial charge is 0.417 e. The van der Waals surface area contributed by atoms with E-state index in [0.717, 1.165) is 39.3 Å². The Bertz CT molecular complexity index is 1330. The zero-order valence-corrected chi connectivity index (χ0v) is 22.9. The number of ether oxygens (including phenoxy) is 2. The lowest BCUT2D eigenvalue weighted by molar-refractivity contribution is -0.272. The second-order valence-electron chi connectivity index (χ2n) is 8.77. The number of methoxy groups -OCH3 is 1. The van der Waals surface area contributed by atoms with E-state index in [4.69, 9.17) is 44.3 Å². The lowest BCUT2D eigenvalue weighted by atomic mass is 9.77. The minimum atomic E-state index is -4.95. The van der Waals surface area contributed by atoms with Crippen LogP contribution in [0.3, 0.4) is 0 Å².